The van der Waals surface area contributed by atoms with Crippen molar-refractivity contribution in [3.8, 4) is 0 Å². The number of hydrogen-bond donors (Lipinski definition) is 0. The molecule has 1 aliphatic rings. The summed E-state index contributed by atoms with van der Waals surface area (Å²) in [6.07, 6.45) is -0.664. The lowest BCUT2D eigenvalue weighted by molar-refractivity contribution is -0.465. The van der Waals surface area contributed by atoms with Crippen molar-refractivity contribution in [2.24, 2.45) is 5.22 Å². The highest BCUT2D eigenvalue weighted by molar-refractivity contribution is 5.67. The number of carbonyl (C=O) groups excluding carboxylic acids is 1. The minimum atomic E-state index is -0.664. The van der Waals surface area contributed by atoms with Crippen LogP contribution < -0.4 is 0 Å². The van der Waals surface area contributed by atoms with Gasteiger partial charge in [0.25, 0.3) is 0 Å². The molecule has 1 aromatic carbocycles. The topological polar surface area (TPSA) is 77.2 Å². The van der Waals surface area contributed by atoms with Gasteiger partial charge in [0, 0.05) is 12.7 Å². The van der Waals surface area contributed by atoms with Gasteiger partial charge in [-0.05, 0) is 6.07 Å². The Balaban J connectivity index is 2.06. The van der Waals surface area contributed by atoms with Crippen LogP contribution in [0, 0.1) is 5.21 Å². The molecule has 0 N–H and O–H groups in total. The predicted octanol–water partition coefficient (Wildman–Crippen LogP) is 1.79. The van der Waals surface area contributed by atoms with Crippen LogP contribution in [0.15, 0.2) is 29.5 Å². The summed E-state index contributed by atoms with van der Waals surface area (Å²) in [6.45, 7) is 0.653. The normalized spacial score (nSPS) is 13.8. The van der Waals surface area contributed by atoms with E-state index in [1.54, 1.807) is 24.3 Å². The Morgan fingerprint density at radius 1 is 1.50 bits per heavy atom. The molecule has 0 radical (unpaired) electrons. The van der Waals surface area contributed by atoms with Crippen molar-refractivity contribution in [2.75, 3.05) is 20.3 Å². The lowest BCUT2D eigenvalue weighted by atomic mass is 10.2. The van der Waals surface area contributed by atoms with Crippen LogP contribution in [0.3, 0.4) is 0 Å². The number of carbonyl (C=O) groups is 1. The van der Waals surface area contributed by atoms with Crippen molar-refractivity contribution in [1.29, 1.82) is 0 Å². The molecular formula is C11H13N3O4. The third-order valence-electron chi connectivity index (χ3n) is 2.43. The van der Waals surface area contributed by atoms with Gasteiger partial charge in [-0.15, -0.1) is 4.86 Å². The van der Waals surface area contributed by atoms with Gasteiger partial charge >= 0.3 is 6.09 Å². The van der Waals surface area contributed by atoms with E-state index in [1.165, 1.54) is 7.11 Å². The molecule has 0 atom stereocenters. The molecule has 1 heterocycles. The van der Waals surface area contributed by atoms with Crippen molar-refractivity contribution < 1.29 is 19.1 Å². The van der Waals surface area contributed by atoms with Gasteiger partial charge in [0.05, 0.1) is 6.61 Å². The number of amides is 1. The molecule has 0 fully saturated rings. The molecule has 7 heteroatoms. The summed E-state index contributed by atoms with van der Waals surface area (Å²) in [6, 6.07) is 6.96. The zero-order valence-electron chi connectivity index (χ0n) is 9.91. The van der Waals surface area contributed by atoms with Crippen LogP contribution in [0.1, 0.15) is 5.56 Å². The minimum absolute atomic E-state index is 0.127. The first kappa shape index (κ1) is 12.3. The maximum Gasteiger partial charge on any atom is 0.528 e. The number of ether oxygens (including phenoxy) is 2. The minimum Gasteiger partial charge on any atom is -0.691 e. The molecule has 2 rings (SSSR count). The Hall–Kier alpha value is -2.15. The van der Waals surface area contributed by atoms with Gasteiger partial charge in [0.2, 0.25) is 0 Å². The van der Waals surface area contributed by atoms with E-state index in [0.29, 0.717) is 17.2 Å². The zero-order chi connectivity index (χ0) is 13.0. The summed E-state index contributed by atoms with van der Waals surface area (Å²) in [7, 11) is 1.51. The van der Waals surface area contributed by atoms with Crippen LogP contribution in [0.5, 0.6) is 0 Å². The van der Waals surface area contributed by atoms with Crippen LogP contribution in [-0.2, 0) is 16.0 Å². The highest BCUT2D eigenvalue weighted by Gasteiger charge is 2.29. The summed E-state index contributed by atoms with van der Waals surface area (Å²) in [5.74, 6) is 0. The fourth-order valence-electron chi connectivity index (χ4n) is 1.56. The van der Waals surface area contributed by atoms with Gasteiger partial charge in [0.1, 0.15) is 18.4 Å². The molecule has 1 aromatic rings. The Labute approximate surface area is 104 Å². The van der Waals surface area contributed by atoms with E-state index in [-0.39, 0.29) is 13.2 Å². The average Bonchev–Trinajstić information content (AvgIpc) is 2.39. The van der Waals surface area contributed by atoms with Crippen molar-refractivity contribution >= 4 is 11.8 Å². The Kier molecular flexibility index (Phi) is 3.73. The predicted molar refractivity (Wildman–Crippen MR) is 60.9 cm³/mol. The summed E-state index contributed by atoms with van der Waals surface area (Å²) in [4.78, 5) is 12.0. The molecule has 0 spiro atoms. The van der Waals surface area contributed by atoms with E-state index in [2.05, 4.69) is 5.22 Å². The molecular weight excluding hydrogens is 238 g/mol. The largest absolute Gasteiger partial charge is 0.691 e. The van der Waals surface area contributed by atoms with Crippen LogP contribution in [0.25, 0.3) is 0 Å². The molecule has 1 aliphatic heterocycles. The summed E-state index contributed by atoms with van der Waals surface area (Å²) >= 11 is 0. The number of para-hydroxylation sites is 1. The number of fused-ring (bicyclic) bond motifs is 1. The molecule has 1 amide bonds. The van der Waals surface area contributed by atoms with Gasteiger partial charge in [-0.1, -0.05) is 23.2 Å². The van der Waals surface area contributed by atoms with E-state index in [0.717, 1.165) is 10.6 Å². The molecule has 0 bridgehead atoms. The fourth-order valence-corrected chi connectivity index (χ4v) is 1.56. The van der Waals surface area contributed by atoms with E-state index in [9.17, 15) is 10.0 Å². The first-order chi connectivity index (χ1) is 8.72. The molecule has 0 saturated carbocycles. The summed E-state index contributed by atoms with van der Waals surface area (Å²) < 4.78 is 9.65. The fraction of sp³-hybridized carbons (Fsp3) is 0.364. The molecule has 96 valence electrons. The van der Waals surface area contributed by atoms with Crippen molar-refractivity contribution in [2.45, 2.75) is 6.54 Å². The van der Waals surface area contributed by atoms with E-state index >= 15 is 0 Å². The highest BCUT2D eigenvalue weighted by Crippen LogP contribution is 2.25. The van der Waals surface area contributed by atoms with Gasteiger partial charge in [-0.2, -0.15) is 4.79 Å². The van der Waals surface area contributed by atoms with Gasteiger partial charge < -0.3 is 14.7 Å². The van der Waals surface area contributed by atoms with E-state index in [4.69, 9.17) is 9.47 Å². The lowest BCUT2D eigenvalue weighted by Crippen LogP contribution is -2.31. The third-order valence-corrected chi connectivity index (χ3v) is 2.43. The number of benzene rings is 1. The summed E-state index contributed by atoms with van der Waals surface area (Å²) in [5, 5.41) is 16.2. The van der Waals surface area contributed by atoms with Crippen molar-refractivity contribution in [3.63, 3.8) is 0 Å². The monoisotopic (exact) mass is 251 g/mol. The van der Waals surface area contributed by atoms with Gasteiger partial charge in [-0.3, -0.25) is 0 Å². The number of nitrogens with zero attached hydrogens (tertiary/aromatic N) is 3. The first-order valence-electron chi connectivity index (χ1n) is 5.42. The molecule has 0 saturated heterocycles. The second-order valence-corrected chi connectivity index (χ2v) is 3.66. The second-order valence-electron chi connectivity index (χ2n) is 3.66. The number of rotatable bonds is 3. The average molecular weight is 251 g/mol. The van der Waals surface area contributed by atoms with Crippen LogP contribution in [0.2, 0.25) is 0 Å². The lowest BCUT2D eigenvalue weighted by Gasteiger charge is -2.19. The Morgan fingerprint density at radius 3 is 3.06 bits per heavy atom. The third kappa shape index (κ3) is 2.57. The van der Waals surface area contributed by atoms with Gasteiger partial charge in [-0.25, -0.2) is 0 Å². The maximum absolute atomic E-state index is 11.6. The van der Waals surface area contributed by atoms with Gasteiger partial charge in [0.15, 0.2) is 5.69 Å². The van der Waals surface area contributed by atoms with Crippen LogP contribution in [-0.4, -0.2) is 36.3 Å². The second kappa shape index (κ2) is 5.46. The number of hydrogen-bond acceptors (Lipinski definition) is 5. The number of methoxy groups -OCH3 is 1. The molecule has 0 aromatic heterocycles. The van der Waals surface area contributed by atoms with Crippen molar-refractivity contribution in [3.05, 3.63) is 35.0 Å². The SMILES string of the molecule is COCCOC(=O)N1Cc2ccccc2[N+]([O-])=N1. The Morgan fingerprint density at radius 2 is 2.28 bits per heavy atom. The van der Waals surface area contributed by atoms with E-state index < -0.39 is 6.09 Å². The first-order valence-corrected chi connectivity index (χ1v) is 5.42. The van der Waals surface area contributed by atoms with E-state index in [1.807, 2.05) is 0 Å². The smallest absolute Gasteiger partial charge is 0.528 e. The molecule has 0 aliphatic carbocycles. The van der Waals surface area contributed by atoms with Crippen molar-refractivity contribution in [1.82, 2.24) is 5.01 Å². The molecule has 7 nitrogen and oxygen atoms in total. The standard InChI is InChI=1S/C11H13N3O4/c1-17-6-7-18-11(15)13-8-9-4-2-3-5-10(9)14(16)12-13/h2-5H,6-8H2,1H3. The highest BCUT2D eigenvalue weighted by atomic mass is 16.6. The van der Waals surface area contributed by atoms with Crippen LogP contribution >= 0.6 is 0 Å². The molecule has 18 heavy (non-hydrogen) atoms. The summed E-state index contributed by atoms with van der Waals surface area (Å²) in [5.41, 5.74) is 1.17. The molecule has 0 unspecified atom stereocenters. The zero-order valence-corrected chi connectivity index (χ0v) is 9.91. The maximum atomic E-state index is 11.6. The van der Waals surface area contributed by atoms with Crippen LogP contribution in [0.4, 0.5) is 10.5 Å². The Bertz CT molecular complexity index is 475. The quantitative estimate of drug-likeness (QED) is 0.466.